The molecule has 15 heavy (non-hydrogen) atoms. The first-order chi connectivity index (χ1) is 7.11. The van der Waals surface area contributed by atoms with Crippen molar-refractivity contribution in [3.63, 3.8) is 0 Å². The van der Waals surface area contributed by atoms with Crippen molar-refractivity contribution in [3.8, 4) is 0 Å². The van der Waals surface area contributed by atoms with Crippen molar-refractivity contribution in [2.75, 3.05) is 0 Å². The Labute approximate surface area is 92.1 Å². The standard InChI is InChI=1S/C11H10ClFN2/c1-3-7-4-8(13)5-9-10(7)14-6(2)15-11(9)12/h4-5H,3H2,1-2H3. The third-order valence-corrected chi connectivity index (χ3v) is 2.58. The molecule has 78 valence electrons. The van der Waals surface area contributed by atoms with E-state index in [2.05, 4.69) is 9.97 Å². The Morgan fingerprint density at radius 1 is 1.33 bits per heavy atom. The van der Waals surface area contributed by atoms with Gasteiger partial charge in [0.1, 0.15) is 16.8 Å². The van der Waals surface area contributed by atoms with E-state index >= 15 is 0 Å². The number of aryl methyl sites for hydroxylation is 2. The van der Waals surface area contributed by atoms with Crippen LogP contribution in [0.25, 0.3) is 10.9 Å². The zero-order valence-electron chi connectivity index (χ0n) is 8.51. The first-order valence-corrected chi connectivity index (χ1v) is 5.12. The van der Waals surface area contributed by atoms with Gasteiger partial charge in [-0.2, -0.15) is 0 Å². The fraction of sp³-hybridized carbons (Fsp3) is 0.273. The summed E-state index contributed by atoms with van der Waals surface area (Å²) in [5.41, 5.74) is 1.61. The van der Waals surface area contributed by atoms with E-state index in [1.165, 1.54) is 12.1 Å². The molecule has 0 saturated heterocycles. The molecular formula is C11H10ClFN2. The number of aromatic nitrogens is 2. The van der Waals surface area contributed by atoms with Crippen LogP contribution in [0.3, 0.4) is 0 Å². The molecule has 2 nitrogen and oxygen atoms in total. The second-order valence-corrected chi connectivity index (χ2v) is 3.73. The summed E-state index contributed by atoms with van der Waals surface area (Å²) in [4.78, 5) is 8.29. The Hall–Kier alpha value is -1.22. The third-order valence-electron chi connectivity index (χ3n) is 2.29. The van der Waals surface area contributed by atoms with Crippen molar-refractivity contribution in [2.45, 2.75) is 20.3 Å². The summed E-state index contributed by atoms with van der Waals surface area (Å²) >= 11 is 5.95. The monoisotopic (exact) mass is 224 g/mol. The van der Waals surface area contributed by atoms with E-state index in [1.54, 1.807) is 6.92 Å². The van der Waals surface area contributed by atoms with Gasteiger partial charge in [0.25, 0.3) is 0 Å². The normalized spacial score (nSPS) is 10.9. The van der Waals surface area contributed by atoms with Crippen LogP contribution in [-0.4, -0.2) is 9.97 Å². The molecule has 0 N–H and O–H groups in total. The smallest absolute Gasteiger partial charge is 0.140 e. The predicted molar refractivity (Wildman–Crippen MR) is 58.6 cm³/mol. The Morgan fingerprint density at radius 2 is 2.07 bits per heavy atom. The molecule has 1 aromatic carbocycles. The zero-order chi connectivity index (χ0) is 11.0. The van der Waals surface area contributed by atoms with Crippen molar-refractivity contribution in [1.82, 2.24) is 9.97 Å². The first-order valence-electron chi connectivity index (χ1n) is 4.74. The van der Waals surface area contributed by atoms with Gasteiger partial charge >= 0.3 is 0 Å². The van der Waals surface area contributed by atoms with Gasteiger partial charge in [0, 0.05) is 5.39 Å². The van der Waals surface area contributed by atoms with E-state index in [-0.39, 0.29) is 5.82 Å². The molecule has 1 heterocycles. The lowest BCUT2D eigenvalue weighted by molar-refractivity contribution is 0.627. The van der Waals surface area contributed by atoms with Crippen molar-refractivity contribution in [1.29, 1.82) is 0 Å². The predicted octanol–water partition coefficient (Wildman–Crippen LogP) is 3.29. The molecule has 0 atom stereocenters. The summed E-state index contributed by atoms with van der Waals surface area (Å²) in [7, 11) is 0. The molecule has 0 aliphatic heterocycles. The van der Waals surface area contributed by atoms with Crippen LogP contribution in [0.1, 0.15) is 18.3 Å². The summed E-state index contributed by atoms with van der Waals surface area (Å²) in [6.45, 7) is 3.73. The topological polar surface area (TPSA) is 25.8 Å². The van der Waals surface area contributed by atoms with Gasteiger partial charge in [-0.3, -0.25) is 0 Å². The highest BCUT2D eigenvalue weighted by atomic mass is 35.5. The highest BCUT2D eigenvalue weighted by molar-refractivity contribution is 6.34. The van der Waals surface area contributed by atoms with Crippen LogP contribution in [0.15, 0.2) is 12.1 Å². The largest absolute Gasteiger partial charge is 0.233 e. The lowest BCUT2D eigenvalue weighted by Crippen LogP contribution is -1.95. The Morgan fingerprint density at radius 3 is 2.73 bits per heavy atom. The molecular weight excluding hydrogens is 215 g/mol. The molecule has 0 fully saturated rings. The van der Waals surface area contributed by atoms with Gasteiger partial charge < -0.3 is 0 Å². The minimum absolute atomic E-state index is 0.297. The van der Waals surface area contributed by atoms with Crippen LogP contribution in [0, 0.1) is 12.7 Å². The van der Waals surface area contributed by atoms with Crippen molar-refractivity contribution >= 4 is 22.5 Å². The first kappa shape index (κ1) is 10.3. The molecule has 0 unspecified atom stereocenters. The molecule has 0 bridgehead atoms. The van der Waals surface area contributed by atoms with Crippen molar-refractivity contribution in [3.05, 3.63) is 34.5 Å². The number of nitrogens with zero attached hydrogens (tertiary/aromatic N) is 2. The average Bonchev–Trinajstić information content (AvgIpc) is 2.18. The molecule has 0 aliphatic carbocycles. The summed E-state index contributed by atoms with van der Waals surface area (Å²) in [5, 5.41) is 0.894. The number of halogens is 2. The lowest BCUT2D eigenvalue weighted by Gasteiger charge is -2.06. The molecule has 0 amide bonds. The second-order valence-electron chi connectivity index (χ2n) is 3.38. The van der Waals surface area contributed by atoms with Crippen LogP contribution in [-0.2, 0) is 6.42 Å². The van der Waals surface area contributed by atoms with E-state index in [0.29, 0.717) is 16.4 Å². The maximum absolute atomic E-state index is 13.3. The second kappa shape index (κ2) is 3.74. The molecule has 0 radical (unpaired) electrons. The fourth-order valence-corrected chi connectivity index (χ4v) is 1.87. The zero-order valence-corrected chi connectivity index (χ0v) is 9.27. The summed E-state index contributed by atoms with van der Waals surface area (Å²) in [6, 6.07) is 2.86. The van der Waals surface area contributed by atoms with Gasteiger partial charge in [-0.05, 0) is 31.0 Å². The molecule has 4 heteroatoms. The fourth-order valence-electron chi connectivity index (χ4n) is 1.60. The minimum atomic E-state index is -0.297. The Bertz CT molecular complexity index is 525. The summed E-state index contributed by atoms with van der Waals surface area (Å²) in [5.74, 6) is 0.308. The van der Waals surface area contributed by atoms with Gasteiger partial charge in [-0.15, -0.1) is 0 Å². The highest BCUT2D eigenvalue weighted by Gasteiger charge is 2.09. The van der Waals surface area contributed by atoms with E-state index in [9.17, 15) is 4.39 Å². The SMILES string of the molecule is CCc1cc(F)cc2c(Cl)nc(C)nc12. The number of benzene rings is 1. The van der Waals surface area contributed by atoms with E-state index in [1.807, 2.05) is 6.92 Å². The number of fused-ring (bicyclic) bond motifs is 1. The number of rotatable bonds is 1. The van der Waals surface area contributed by atoms with Gasteiger partial charge in [0.15, 0.2) is 0 Å². The van der Waals surface area contributed by atoms with Crippen LogP contribution in [0.2, 0.25) is 5.15 Å². The van der Waals surface area contributed by atoms with Gasteiger partial charge in [-0.25, -0.2) is 14.4 Å². The maximum atomic E-state index is 13.3. The van der Waals surface area contributed by atoms with Crippen LogP contribution in [0.4, 0.5) is 4.39 Å². The Kier molecular flexibility index (Phi) is 2.57. The quantitative estimate of drug-likeness (QED) is 0.695. The average molecular weight is 225 g/mol. The molecule has 0 aliphatic rings. The van der Waals surface area contributed by atoms with E-state index in [4.69, 9.17) is 11.6 Å². The third kappa shape index (κ3) is 1.79. The van der Waals surface area contributed by atoms with Crippen molar-refractivity contribution < 1.29 is 4.39 Å². The van der Waals surface area contributed by atoms with Crippen LogP contribution >= 0.6 is 11.6 Å². The maximum Gasteiger partial charge on any atom is 0.140 e. The minimum Gasteiger partial charge on any atom is -0.233 e. The Balaban J connectivity index is 2.89. The van der Waals surface area contributed by atoms with Gasteiger partial charge in [0.2, 0.25) is 0 Å². The molecule has 2 rings (SSSR count). The molecule has 1 aromatic heterocycles. The van der Waals surface area contributed by atoms with Crippen LogP contribution in [0.5, 0.6) is 0 Å². The summed E-state index contributed by atoms with van der Waals surface area (Å²) < 4.78 is 13.3. The molecule has 0 spiro atoms. The van der Waals surface area contributed by atoms with Gasteiger partial charge in [0.05, 0.1) is 5.52 Å². The van der Waals surface area contributed by atoms with Gasteiger partial charge in [-0.1, -0.05) is 18.5 Å². The van der Waals surface area contributed by atoms with Crippen molar-refractivity contribution in [2.24, 2.45) is 0 Å². The number of hydrogen-bond donors (Lipinski definition) is 0. The lowest BCUT2D eigenvalue weighted by atomic mass is 10.1. The highest BCUT2D eigenvalue weighted by Crippen LogP contribution is 2.24. The molecule has 0 saturated carbocycles. The number of hydrogen-bond acceptors (Lipinski definition) is 2. The summed E-state index contributed by atoms with van der Waals surface area (Å²) in [6.07, 6.45) is 0.723. The molecule has 2 aromatic rings. The van der Waals surface area contributed by atoms with E-state index < -0.39 is 0 Å². The van der Waals surface area contributed by atoms with Crippen LogP contribution < -0.4 is 0 Å². The van der Waals surface area contributed by atoms with E-state index in [0.717, 1.165) is 17.5 Å².